The summed E-state index contributed by atoms with van der Waals surface area (Å²) in [7, 11) is -2.06. The Hall–Kier alpha value is 0.0949. The van der Waals surface area contributed by atoms with Crippen molar-refractivity contribution in [3.63, 3.8) is 0 Å². The molecule has 27 heavy (non-hydrogen) atoms. The lowest BCUT2D eigenvalue weighted by molar-refractivity contribution is -0.135. The van der Waals surface area contributed by atoms with Crippen LogP contribution in [0.25, 0.3) is 0 Å². The van der Waals surface area contributed by atoms with Gasteiger partial charge in [0.1, 0.15) is 6.10 Å². The van der Waals surface area contributed by atoms with Gasteiger partial charge in [0, 0.05) is 0 Å². The fraction of sp³-hybridized carbons (Fsp3) is 1.00. The van der Waals surface area contributed by atoms with Crippen LogP contribution in [0.15, 0.2) is 0 Å². The van der Waals surface area contributed by atoms with Crippen molar-refractivity contribution in [1.29, 1.82) is 0 Å². The number of phosphoric ester groups is 2. The number of rotatable bonds is 16. The van der Waals surface area contributed by atoms with Crippen LogP contribution in [0.5, 0.6) is 0 Å². The maximum absolute atomic E-state index is 12.1. The average Bonchev–Trinajstić information content (AvgIpc) is 2.51. The van der Waals surface area contributed by atoms with Gasteiger partial charge >= 0.3 is 15.6 Å². The molecule has 0 aliphatic carbocycles. The maximum atomic E-state index is 12.1. The van der Waals surface area contributed by atoms with Crippen molar-refractivity contribution in [1.82, 2.24) is 10.5 Å². The Morgan fingerprint density at radius 1 is 1.11 bits per heavy atom. The molecule has 160 valence electrons. The molecule has 15 heteroatoms. The van der Waals surface area contributed by atoms with Gasteiger partial charge < -0.3 is 19.5 Å². The number of halogens is 1. The van der Waals surface area contributed by atoms with Gasteiger partial charge in [0.25, 0.3) is 0 Å². The highest BCUT2D eigenvalue weighted by Gasteiger charge is 2.27. The van der Waals surface area contributed by atoms with Gasteiger partial charge in [-0.2, -0.15) is 0 Å². The summed E-state index contributed by atoms with van der Waals surface area (Å²) in [6.45, 7) is 2.99. The van der Waals surface area contributed by atoms with E-state index in [1.165, 1.54) is 4.81 Å². The molecule has 11 nitrogen and oxygen atoms in total. The fourth-order valence-corrected chi connectivity index (χ4v) is 3.28. The molecule has 0 saturated heterocycles. The van der Waals surface area contributed by atoms with Crippen molar-refractivity contribution in [2.24, 2.45) is 11.8 Å². The number of phosphoric acid groups is 2. The zero-order valence-corrected chi connectivity index (χ0v) is 17.4. The average molecular weight is 436 g/mol. The van der Waals surface area contributed by atoms with E-state index in [0.717, 1.165) is 12.1 Å². The van der Waals surface area contributed by atoms with Crippen molar-refractivity contribution in [3.05, 3.63) is 0 Å². The lowest BCUT2D eigenvalue weighted by Crippen LogP contribution is -2.28. The first kappa shape index (κ1) is 27.1. The highest BCUT2D eigenvalue weighted by Crippen LogP contribution is 2.44. The molecule has 0 spiro atoms. The quantitative estimate of drug-likeness (QED) is 0.119. The van der Waals surface area contributed by atoms with Crippen molar-refractivity contribution < 1.29 is 46.7 Å². The van der Waals surface area contributed by atoms with E-state index in [2.05, 4.69) is 13.9 Å². The first-order valence-electron chi connectivity index (χ1n) is 8.13. The maximum Gasteiger partial charge on any atom is 0.472 e. The normalized spacial score (nSPS) is 17.2. The van der Waals surface area contributed by atoms with E-state index in [9.17, 15) is 18.5 Å². The second-order valence-corrected chi connectivity index (χ2v) is 9.12. The lowest BCUT2D eigenvalue weighted by atomic mass is 9.94. The highest BCUT2D eigenvalue weighted by atomic mass is 31.2. The molecule has 0 amide bonds. The molecule has 2 radical (unpaired) electrons. The van der Waals surface area contributed by atoms with Gasteiger partial charge in [-0.3, -0.25) is 18.4 Å². The van der Waals surface area contributed by atoms with Gasteiger partial charge in [-0.15, -0.1) is 4.48 Å². The summed E-state index contributed by atoms with van der Waals surface area (Å²) < 4.78 is 48.4. The van der Waals surface area contributed by atoms with Gasteiger partial charge in [0.15, 0.2) is 7.98 Å². The van der Waals surface area contributed by atoms with Crippen LogP contribution in [0.3, 0.4) is 0 Å². The predicted molar refractivity (Wildman–Crippen MR) is 94.8 cm³/mol. The Bertz CT molecular complexity index is 497. The molecule has 0 aliphatic heterocycles. The van der Waals surface area contributed by atoms with Gasteiger partial charge in [0.2, 0.25) is 0 Å². The van der Waals surface area contributed by atoms with E-state index in [4.69, 9.17) is 22.3 Å². The first-order chi connectivity index (χ1) is 12.3. The SMILES string of the molecule is [B]N(C)CCC(COP(=O)(O)OCC(COP(=O)(O)O)ONF)CC(C)C. The van der Waals surface area contributed by atoms with E-state index >= 15 is 0 Å². The van der Waals surface area contributed by atoms with Crippen LogP contribution in [-0.4, -0.2) is 67.0 Å². The van der Waals surface area contributed by atoms with Crippen molar-refractivity contribution in [3.8, 4) is 0 Å². The van der Waals surface area contributed by atoms with Gasteiger partial charge in [-0.1, -0.05) is 13.8 Å². The number of hydrogen-bond donors (Lipinski definition) is 4. The van der Waals surface area contributed by atoms with Crippen LogP contribution in [-0.2, 0) is 27.5 Å². The third-order valence-corrected chi connectivity index (χ3v) is 4.67. The summed E-state index contributed by atoms with van der Waals surface area (Å²) in [6, 6.07) is 0. The van der Waals surface area contributed by atoms with Gasteiger partial charge in [-0.05, 0) is 44.0 Å². The second kappa shape index (κ2) is 13.3. The summed E-state index contributed by atoms with van der Waals surface area (Å²) in [5.74, 6) is 0.288. The molecule has 3 atom stereocenters. The van der Waals surface area contributed by atoms with Crippen LogP contribution in [0.2, 0.25) is 0 Å². The van der Waals surface area contributed by atoms with Crippen LogP contribution in [0.4, 0.5) is 4.48 Å². The van der Waals surface area contributed by atoms with Crippen molar-refractivity contribution >= 4 is 23.6 Å². The Morgan fingerprint density at radius 2 is 1.67 bits per heavy atom. The zero-order chi connectivity index (χ0) is 21.1. The molecule has 0 fully saturated rings. The minimum absolute atomic E-state index is 0.0439. The summed E-state index contributed by atoms with van der Waals surface area (Å²) in [4.78, 5) is 32.7. The topological polar surface area (TPSA) is 147 Å². The summed E-state index contributed by atoms with van der Waals surface area (Å²) >= 11 is 0. The van der Waals surface area contributed by atoms with Crippen LogP contribution in [0.1, 0.15) is 26.7 Å². The minimum Gasteiger partial charge on any atom is -0.356 e. The third-order valence-electron chi connectivity index (χ3n) is 3.23. The Morgan fingerprint density at radius 3 is 2.15 bits per heavy atom. The monoisotopic (exact) mass is 436 g/mol. The molecule has 0 heterocycles. The molecule has 0 aromatic heterocycles. The number of hydrogen-bond acceptors (Lipinski definition) is 8. The minimum atomic E-state index is -4.83. The first-order valence-corrected chi connectivity index (χ1v) is 11.2. The third kappa shape index (κ3) is 16.7. The largest absolute Gasteiger partial charge is 0.472 e. The van der Waals surface area contributed by atoms with Gasteiger partial charge in [-0.25, -0.2) is 9.13 Å². The Labute approximate surface area is 159 Å². The van der Waals surface area contributed by atoms with E-state index in [1.807, 2.05) is 13.8 Å². The second-order valence-electron chi connectivity index (χ2n) is 6.43. The molecule has 0 bridgehead atoms. The summed E-state index contributed by atoms with van der Waals surface area (Å²) in [6.07, 6.45) is -0.0376. The smallest absolute Gasteiger partial charge is 0.356 e. The van der Waals surface area contributed by atoms with Crippen LogP contribution >= 0.6 is 15.6 Å². The fourth-order valence-electron chi connectivity index (χ4n) is 2.10. The molecular formula is C12H28BFN2O9P2. The predicted octanol–water partition coefficient (Wildman–Crippen LogP) is 1.07. The highest BCUT2D eigenvalue weighted by molar-refractivity contribution is 7.47. The molecule has 0 aromatic carbocycles. The Balaban J connectivity index is 4.54. The van der Waals surface area contributed by atoms with Crippen LogP contribution in [0, 0.1) is 11.8 Å². The summed E-state index contributed by atoms with van der Waals surface area (Å²) in [5.41, 5.74) is 0.798. The summed E-state index contributed by atoms with van der Waals surface area (Å²) in [5, 5.41) is 0. The Kier molecular flexibility index (Phi) is 13.4. The lowest BCUT2D eigenvalue weighted by Gasteiger charge is -2.23. The molecule has 3 unspecified atom stereocenters. The van der Waals surface area contributed by atoms with Crippen LogP contribution < -0.4 is 5.70 Å². The van der Waals surface area contributed by atoms with E-state index in [0.29, 0.717) is 18.9 Å². The van der Waals surface area contributed by atoms with E-state index < -0.39 is 35.0 Å². The van der Waals surface area contributed by atoms with Crippen molar-refractivity contribution in [2.75, 3.05) is 33.4 Å². The standard InChI is InChI=1S/C12H28BFN2O9P2/c1-10(2)6-11(4-5-16(3)13)7-23-27(20,21)24-9-12(25-15-14)8-22-26(17,18)19/h10-12,15H,4-9H2,1-3H3,(H,20,21)(H2,17,18,19). The molecule has 0 rings (SSSR count). The van der Waals surface area contributed by atoms with Crippen molar-refractivity contribution in [2.45, 2.75) is 32.8 Å². The molecule has 0 saturated carbocycles. The zero-order valence-electron chi connectivity index (χ0n) is 15.6. The molecule has 0 aromatic rings. The molecule has 0 aliphatic rings. The van der Waals surface area contributed by atoms with E-state index in [-0.39, 0.29) is 12.5 Å². The number of nitrogens with one attached hydrogen (secondary N) is 1. The molecule has 4 N–H and O–H groups in total. The number of nitrogens with zero attached hydrogens (tertiary/aromatic N) is 1. The van der Waals surface area contributed by atoms with E-state index in [1.54, 1.807) is 7.05 Å². The van der Waals surface area contributed by atoms with Gasteiger partial charge in [0.05, 0.1) is 19.8 Å². The molecular weight excluding hydrogens is 408 g/mol.